The van der Waals surface area contributed by atoms with Crippen LogP contribution < -0.4 is 0 Å². The van der Waals surface area contributed by atoms with Crippen molar-refractivity contribution in [2.24, 2.45) is 11.8 Å². The van der Waals surface area contributed by atoms with Gasteiger partial charge in [0.15, 0.2) is 0 Å². The molecule has 1 fully saturated rings. The van der Waals surface area contributed by atoms with Crippen LogP contribution in [0.3, 0.4) is 0 Å². The van der Waals surface area contributed by atoms with Gasteiger partial charge in [-0.3, -0.25) is 4.79 Å². The van der Waals surface area contributed by atoms with Crippen molar-refractivity contribution in [3.05, 3.63) is 21.9 Å². The fourth-order valence-electron chi connectivity index (χ4n) is 2.92. The standard InChI is InChI=1S/C16H24OS/c1-3-12-5-7-13(8-6-12)16(17)11-15-10-9-14(4-2)18-15/h9-10,12-13H,3-8,11H2,1-2H3. The Morgan fingerprint density at radius 2 is 1.83 bits per heavy atom. The molecule has 0 unspecified atom stereocenters. The van der Waals surface area contributed by atoms with Crippen LogP contribution in [0, 0.1) is 11.8 Å². The molecule has 0 radical (unpaired) electrons. The molecule has 0 spiro atoms. The molecule has 1 aromatic heterocycles. The van der Waals surface area contributed by atoms with Gasteiger partial charge >= 0.3 is 0 Å². The summed E-state index contributed by atoms with van der Waals surface area (Å²) in [6, 6.07) is 4.31. The number of rotatable bonds is 5. The van der Waals surface area contributed by atoms with Crippen molar-refractivity contribution >= 4 is 17.1 Å². The lowest BCUT2D eigenvalue weighted by Crippen LogP contribution is -2.22. The SMILES string of the molecule is CCc1ccc(CC(=O)C2CCC(CC)CC2)s1. The van der Waals surface area contributed by atoms with E-state index in [0.717, 1.165) is 25.2 Å². The smallest absolute Gasteiger partial charge is 0.141 e. The fourth-order valence-corrected chi connectivity index (χ4v) is 3.88. The molecule has 0 aliphatic heterocycles. The number of Topliss-reactive ketones (excluding diaryl/α,β-unsaturated/α-hetero) is 1. The van der Waals surface area contributed by atoms with Crippen molar-refractivity contribution in [3.63, 3.8) is 0 Å². The molecule has 2 rings (SSSR count). The first-order valence-electron chi connectivity index (χ1n) is 7.33. The Hall–Kier alpha value is -0.630. The van der Waals surface area contributed by atoms with Gasteiger partial charge in [-0.05, 0) is 50.2 Å². The summed E-state index contributed by atoms with van der Waals surface area (Å²) in [5, 5.41) is 0. The average molecular weight is 264 g/mol. The minimum absolute atomic E-state index is 0.347. The summed E-state index contributed by atoms with van der Waals surface area (Å²) in [7, 11) is 0. The molecule has 0 aromatic carbocycles. The van der Waals surface area contributed by atoms with Crippen molar-refractivity contribution in [3.8, 4) is 0 Å². The summed E-state index contributed by atoms with van der Waals surface area (Å²) in [5.74, 6) is 1.71. The maximum Gasteiger partial charge on any atom is 0.141 e. The Kier molecular flexibility index (Phi) is 4.99. The second kappa shape index (κ2) is 6.51. The van der Waals surface area contributed by atoms with Crippen molar-refractivity contribution in [2.75, 3.05) is 0 Å². The zero-order valence-electron chi connectivity index (χ0n) is 11.6. The van der Waals surface area contributed by atoms with E-state index < -0.39 is 0 Å². The first kappa shape index (κ1) is 13.8. The molecule has 18 heavy (non-hydrogen) atoms. The minimum atomic E-state index is 0.347. The van der Waals surface area contributed by atoms with E-state index in [0.29, 0.717) is 18.1 Å². The molecular weight excluding hydrogens is 240 g/mol. The van der Waals surface area contributed by atoms with E-state index in [9.17, 15) is 4.79 Å². The molecule has 1 saturated carbocycles. The number of carbonyl (C=O) groups excluding carboxylic acids is 1. The summed E-state index contributed by atoms with van der Waals surface area (Å²) >= 11 is 1.81. The van der Waals surface area contributed by atoms with Crippen LogP contribution >= 0.6 is 11.3 Å². The van der Waals surface area contributed by atoms with Crippen LogP contribution in [0.4, 0.5) is 0 Å². The normalized spacial score (nSPS) is 24.1. The highest BCUT2D eigenvalue weighted by molar-refractivity contribution is 7.12. The number of hydrogen-bond acceptors (Lipinski definition) is 2. The van der Waals surface area contributed by atoms with Gasteiger partial charge in [-0.15, -0.1) is 11.3 Å². The van der Waals surface area contributed by atoms with Crippen LogP contribution in [-0.4, -0.2) is 5.78 Å². The van der Waals surface area contributed by atoms with Gasteiger partial charge in [-0.2, -0.15) is 0 Å². The summed E-state index contributed by atoms with van der Waals surface area (Å²) in [5.41, 5.74) is 0. The van der Waals surface area contributed by atoms with Crippen molar-refractivity contribution in [2.45, 2.75) is 58.8 Å². The lowest BCUT2D eigenvalue weighted by atomic mass is 9.78. The quantitative estimate of drug-likeness (QED) is 0.757. The summed E-state index contributed by atoms with van der Waals surface area (Å²) in [6.07, 6.45) is 7.82. The molecule has 2 heteroatoms. The molecule has 1 heterocycles. The summed E-state index contributed by atoms with van der Waals surface area (Å²) in [4.78, 5) is 14.9. The largest absolute Gasteiger partial charge is 0.299 e. The van der Waals surface area contributed by atoms with E-state index in [-0.39, 0.29) is 0 Å². The highest BCUT2D eigenvalue weighted by Crippen LogP contribution is 2.32. The fraction of sp³-hybridized carbons (Fsp3) is 0.688. The topological polar surface area (TPSA) is 17.1 Å². The predicted molar refractivity (Wildman–Crippen MR) is 78.1 cm³/mol. The van der Waals surface area contributed by atoms with Crippen molar-refractivity contribution in [1.82, 2.24) is 0 Å². The van der Waals surface area contributed by atoms with Gasteiger partial charge in [0, 0.05) is 22.1 Å². The zero-order chi connectivity index (χ0) is 13.0. The van der Waals surface area contributed by atoms with Gasteiger partial charge < -0.3 is 0 Å². The number of hydrogen-bond donors (Lipinski definition) is 0. The Morgan fingerprint density at radius 1 is 1.17 bits per heavy atom. The minimum Gasteiger partial charge on any atom is -0.299 e. The summed E-state index contributed by atoms with van der Waals surface area (Å²) in [6.45, 7) is 4.44. The number of carbonyl (C=O) groups is 1. The molecule has 1 aromatic rings. The average Bonchev–Trinajstić information content (AvgIpc) is 2.86. The van der Waals surface area contributed by atoms with Crippen molar-refractivity contribution in [1.29, 1.82) is 0 Å². The Bertz CT molecular complexity index is 386. The van der Waals surface area contributed by atoms with Crippen LogP contribution in [0.15, 0.2) is 12.1 Å². The maximum atomic E-state index is 12.3. The van der Waals surface area contributed by atoms with Crippen LogP contribution in [0.25, 0.3) is 0 Å². The maximum absolute atomic E-state index is 12.3. The van der Waals surface area contributed by atoms with E-state index in [1.54, 1.807) is 0 Å². The highest BCUT2D eigenvalue weighted by atomic mass is 32.1. The second-order valence-corrected chi connectivity index (χ2v) is 6.74. The molecule has 1 aliphatic rings. The third-order valence-electron chi connectivity index (χ3n) is 4.29. The van der Waals surface area contributed by atoms with Gasteiger partial charge in [0.25, 0.3) is 0 Å². The monoisotopic (exact) mass is 264 g/mol. The number of aryl methyl sites for hydroxylation is 1. The molecule has 0 saturated heterocycles. The lowest BCUT2D eigenvalue weighted by Gasteiger charge is -2.26. The van der Waals surface area contributed by atoms with Crippen LogP contribution in [-0.2, 0) is 17.6 Å². The first-order chi connectivity index (χ1) is 8.72. The predicted octanol–water partition coefficient (Wildman–Crippen LogP) is 4.64. The third-order valence-corrected chi connectivity index (χ3v) is 5.52. The number of thiophene rings is 1. The van der Waals surface area contributed by atoms with Gasteiger partial charge in [0.2, 0.25) is 0 Å². The van der Waals surface area contributed by atoms with E-state index in [2.05, 4.69) is 26.0 Å². The van der Waals surface area contributed by atoms with Crippen LogP contribution in [0.5, 0.6) is 0 Å². The van der Waals surface area contributed by atoms with Gasteiger partial charge in [-0.25, -0.2) is 0 Å². The van der Waals surface area contributed by atoms with Crippen molar-refractivity contribution < 1.29 is 4.79 Å². The van der Waals surface area contributed by atoms with E-state index in [1.807, 2.05) is 11.3 Å². The molecule has 0 bridgehead atoms. The van der Waals surface area contributed by atoms with Gasteiger partial charge in [0.1, 0.15) is 5.78 Å². The van der Waals surface area contributed by atoms with E-state index >= 15 is 0 Å². The Labute approximate surface area is 115 Å². The van der Waals surface area contributed by atoms with Gasteiger partial charge in [-0.1, -0.05) is 20.3 Å². The zero-order valence-corrected chi connectivity index (χ0v) is 12.4. The van der Waals surface area contributed by atoms with Crippen LogP contribution in [0.1, 0.15) is 55.7 Å². The van der Waals surface area contributed by atoms with E-state index in [4.69, 9.17) is 0 Å². The highest BCUT2D eigenvalue weighted by Gasteiger charge is 2.25. The molecule has 100 valence electrons. The molecule has 1 aliphatic carbocycles. The Balaban J connectivity index is 1.85. The van der Waals surface area contributed by atoms with Gasteiger partial charge in [0.05, 0.1) is 0 Å². The molecule has 1 nitrogen and oxygen atoms in total. The molecule has 0 N–H and O–H groups in total. The first-order valence-corrected chi connectivity index (χ1v) is 8.14. The number of ketones is 1. The lowest BCUT2D eigenvalue weighted by molar-refractivity contribution is -0.123. The second-order valence-electron chi connectivity index (χ2n) is 5.49. The summed E-state index contributed by atoms with van der Waals surface area (Å²) < 4.78 is 0. The molecule has 0 atom stereocenters. The molecule has 0 amide bonds. The van der Waals surface area contributed by atoms with E-state index in [1.165, 1.54) is 29.0 Å². The molecular formula is C16H24OS. The Morgan fingerprint density at radius 3 is 2.39 bits per heavy atom. The third kappa shape index (κ3) is 3.44. The van der Waals surface area contributed by atoms with Crippen LogP contribution in [0.2, 0.25) is 0 Å².